The number of nitrogens with one attached hydrogen (secondary N) is 2. The molecule has 4 aromatic rings. The number of sulfonamides is 1. The van der Waals surface area contributed by atoms with Crippen LogP contribution in [0.25, 0.3) is 22.2 Å². The second kappa shape index (κ2) is 9.01. The van der Waals surface area contributed by atoms with E-state index in [2.05, 4.69) is 19.9 Å². The minimum absolute atomic E-state index is 0.123. The molecular weight excluding hydrogens is 495 g/mol. The fraction of sp³-hybridized carbons (Fsp3) is 0.250. The summed E-state index contributed by atoms with van der Waals surface area (Å²) in [6.45, 7) is 1.57. The standard InChI is InChI=1S/C24H20F3N5O3S/c1-2-5-36(34,35)32-21-18(26)7-17(25)19(20(21)27)22(33)16-11-31-24-15(16)6-13(8-30-24)14-9-28-23(29-10-14)12-3-4-12/h6-12,32H,2-5H2,1H3,(H,30,31). The first-order chi connectivity index (χ1) is 17.2. The summed E-state index contributed by atoms with van der Waals surface area (Å²) in [7, 11) is -4.11. The number of fused-ring (bicyclic) bond motifs is 1. The van der Waals surface area contributed by atoms with Gasteiger partial charge in [-0.3, -0.25) is 9.52 Å². The van der Waals surface area contributed by atoms with Crippen molar-refractivity contribution in [2.24, 2.45) is 0 Å². The highest BCUT2D eigenvalue weighted by Gasteiger charge is 2.29. The number of rotatable bonds is 8. The predicted octanol–water partition coefficient (Wildman–Crippen LogP) is 4.70. The van der Waals surface area contributed by atoms with E-state index in [9.17, 15) is 22.0 Å². The highest BCUT2D eigenvalue weighted by Crippen LogP contribution is 2.38. The van der Waals surface area contributed by atoms with Gasteiger partial charge in [0.25, 0.3) is 0 Å². The van der Waals surface area contributed by atoms with Gasteiger partial charge in [-0.1, -0.05) is 6.92 Å². The van der Waals surface area contributed by atoms with Crippen molar-refractivity contribution < 1.29 is 26.4 Å². The SMILES string of the molecule is CCCS(=O)(=O)Nc1c(F)cc(F)c(C(=O)c2c[nH]c3ncc(-c4cnc(C5CC5)nc4)cc23)c1F. The van der Waals surface area contributed by atoms with E-state index in [0.29, 0.717) is 17.0 Å². The largest absolute Gasteiger partial charge is 0.345 e. The third-order valence-electron chi connectivity index (χ3n) is 5.85. The maximum atomic E-state index is 15.2. The van der Waals surface area contributed by atoms with Gasteiger partial charge >= 0.3 is 0 Å². The van der Waals surface area contributed by atoms with Gasteiger partial charge in [0.2, 0.25) is 15.8 Å². The van der Waals surface area contributed by atoms with E-state index >= 15 is 4.39 Å². The molecule has 0 bridgehead atoms. The Kier molecular flexibility index (Phi) is 5.99. The van der Waals surface area contributed by atoms with Crippen molar-refractivity contribution in [3.8, 4) is 11.1 Å². The van der Waals surface area contributed by atoms with E-state index < -0.39 is 50.3 Å². The van der Waals surface area contributed by atoms with Crippen LogP contribution in [0.1, 0.15) is 53.8 Å². The lowest BCUT2D eigenvalue weighted by molar-refractivity contribution is 0.103. The fourth-order valence-corrected chi connectivity index (χ4v) is 5.03. The molecule has 0 aliphatic heterocycles. The summed E-state index contributed by atoms with van der Waals surface area (Å²) in [5.41, 5.74) is -0.827. The number of nitrogens with zero attached hydrogens (tertiary/aromatic N) is 3. The van der Waals surface area contributed by atoms with Crippen LogP contribution in [0.4, 0.5) is 18.9 Å². The lowest BCUT2D eigenvalue weighted by atomic mass is 10.00. The lowest BCUT2D eigenvalue weighted by Crippen LogP contribution is -2.20. The molecule has 0 spiro atoms. The average molecular weight is 516 g/mol. The van der Waals surface area contributed by atoms with E-state index in [1.807, 2.05) is 0 Å². The smallest absolute Gasteiger partial charge is 0.232 e. The van der Waals surface area contributed by atoms with Crippen molar-refractivity contribution in [2.75, 3.05) is 10.5 Å². The molecule has 36 heavy (non-hydrogen) atoms. The van der Waals surface area contributed by atoms with Gasteiger partial charge < -0.3 is 4.98 Å². The van der Waals surface area contributed by atoms with Crippen LogP contribution >= 0.6 is 0 Å². The molecule has 1 aromatic carbocycles. The van der Waals surface area contributed by atoms with Crippen molar-refractivity contribution in [2.45, 2.75) is 32.1 Å². The van der Waals surface area contributed by atoms with Crippen LogP contribution in [0.2, 0.25) is 0 Å². The van der Waals surface area contributed by atoms with E-state index in [1.165, 1.54) is 6.20 Å². The predicted molar refractivity (Wildman–Crippen MR) is 127 cm³/mol. The molecule has 186 valence electrons. The van der Waals surface area contributed by atoms with Gasteiger partial charge in [0.05, 0.1) is 11.3 Å². The molecule has 0 atom stereocenters. The summed E-state index contributed by atoms with van der Waals surface area (Å²) in [6, 6.07) is 1.88. The van der Waals surface area contributed by atoms with Gasteiger partial charge in [-0.15, -0.1) is 0 Å². The molecule has 12 heteroatoms. The molecule has 3 aromatic heterocycles. The Hall–Kier alpha value is -3.80. The van der Waals surface area contributed by atoms with Gasteiger partial charge in [0, 0.05) is 58.8 Å². The Bertz CT molecular complexity index is 1600. The molecule has 0 unspecified atom stereocenters. The van der Waals surface area contributed by atoms with Crippen molar-refractivity contribution in [3.05, 3.63) is 71.3 Å². The number of benzene rings is 1. The van der Waals surface area contributed by atoms with Crippen LogP contribution in [0, 0.1) is 17.5 Å². The molecule has 0 radical (unpaired) electrons. The number of H-pyrrole nitrogens is 1. The van der Waals surface area contributed by atoms with Crippen molar-refractivity contribution in [3.63, 3.8) is 0 Å². The van der Waals surface area contributed by atoms with Crippen molar-refractivity contribution in [1.29, 1.82) is 0 Å². The number of hydrogen-bond acceptors (Lipinski definition) is 6. The first kappa shape index (κ1) is 23.9. The highest BCUT2D eigenvalue weighted by molar-refractivity contribution is 7.92. The van der Waals surface area contributed by atoms with E-state index in [4.69, 9.17) is 0 Å². The number of aromatic nitrogens is 4. The number of aromatic amines is 1. The number of hydrogen-bond donors (Lipinski definition) is 2. The molecule has 1 aliphatic rings. The second-order valence-corrected chi connectivity index (χ2v) is 10.4. The third-order valence-corrected chi connectivity index (χ3v) is 7.31. The summed E-state index contributed by atoms with van der Waals surface area (Å²) in [5.74, 6) is -4.95. The maximum absolute atomic E-state index is 15.2. The summed E-state index contributed by atoms with van der Waals surface area (Å²) in [4.78, 5) is 29.0. The number of carbonyl (C=O) groups excluding carboxylic acids is 1. The molecule has 3 heterocycles. The Labute approximate surface area is 204 Å². The minimum atomic E-state index is -4.11. The topological polar surface area (TPSA) is 118 Å². The lowest BCUT2D eigenvalue weighted by Gasteiger charge is -2.12. The third kappa shape index (κ3) is 4.43. The van der Waals surface area contributed by atoms with E-state index in [0.717, 1.165) is 18.7 Å². The first-order valence-corrected chi connectivity index (χ1v) is 12.9. The van der Waals surface area contributed by atoms with Crippen LogP contribution in [0.5, 0.6) is 0 Å². The van der Waals surface area contributed by atoms with Crippen LogP contribution in [-0.2, 0) is 10.0 Å². The van der Waals surface area contributed by atoms with Gasteiger partial charge in [-0.2, -0.15) is 0 Å². The monoisotopic (exact) mass is 515 g/mol. The number of pyridine rings is 1. The number of halogens is 3. The van der Waals surface area contributed by atoms with Gasteiger partial charge in [0.15, 0.2) is 11.6 Å². The van der Waals surface area contributed by atoms with Gasteiger partial charge in [-0.05, 0) is 25.3 Å². The summed E-state index contributed by atoms with van der Waals surface area (Å²) in [5, 5.41) is 0.264. The fourth-order valence-electron chi connectivity index (χ4n) is 3.89. The normalized spacial score (nSPS) is 13.8. The quantitative estimate of drug-likeness (QED) is 0.329. The molecule has 2 N–H and O–H groups in total. The molecule has 5 rings (SSSR count). The molecule has 1 aliphatic carbocycles. The molecular formula is C24H20F3N5O3S. The number of ketones is 1. The van der Waals surface area contributed by atoms with E-state index in [1.54, 1.807) is 36.3 Å². The number of carbonyl (C=O) groups is 1. The molecule has 1 fully saturated rings. The van der Waals surface area contributed by atoms with Crippen molar-refractivity contribution >= 4 is 32.5 Å². The zero-order valence-electron chi connectivity index (χ0n) is 19.0. The molecule has 1 saturated carbocycles. The first-order valence-electron chi connectivity index (χ1n) is 11.2. The Balaban J connectivity index is 1.55. The Morgan fingerprint density at radius 2 is 1.75 bits per heavy atom. The van der Waals surface area contributed by atoms with E-state index in [-0.39, 0.29) is 29.1 Å². The number of anilines is 1. The summed E-state index contributed by atoms with van der Waals surface area (Å²) < 4.78 is 70.0. The summed E-state index contributed by atoms with van der Waals surface area (Å²) >= 11 is 0. The average Bonchev–Trinajstić information content (AvgIpc) is 3.60. The molecule has 0 amide bonds. The van der Waals surface area contributed by atoms with Gasteiger partial charge in [0.1, 0.15) is 23.0 Å². The van der Waals surface area contributed by atoms with Crippen LogP contribution < -0.4 is 4.72 Å². The zero-order valence-corrected chi connectivity index (χ0v) is 19.8. The van der Waals surface area contributed by atoms with Crippen LogP contribution in [0.3, 0.4) is 0 Å². The minimum Gasteiger partial charge on any atom is -0.345 e. The zero-order chi connectivity index (χ0) is 25.6. The Morgan fingerprint density at radius 1 is 1.06 bits per heavy atom. The summed E-state index contributed by atoms with van der Waals surface area (Å²) in [6.07, 6.45) is 8.36. The second-order valence-electron chi connectivity index (χ2n) is 8.58. The van der Waals surface area contributed by atoms with Gasteiger partial charge in [-0.25, -0.2) is 36.5 Å². The highest BCUT2D eigenvalue weighted by atomic mass is 32.2. The Morgan fingerprint density at radius 3 is 2.42 bits per heavy atom. The van der Waals surface area contributed by atoms with Crippen molar-refractivity contribution in [1.82, 2.24) is 19.9 Å². The van der Waals surface area contributed by atoms with Crippen LogP contribution in [0.15, 0.2) is 36.9 Å². The maximum Gasteiger partial charge on any atom is 0.232 e. The molecule has 8 nitrogen and oxygen atoms in total. The van der Waals surface area contributed by atoms with Crippen LogP contribution in [-0.4, -0.2) is 39.9 Å². The molecule has 0 saturated heterocycles.